The van der Waals surface area contributed by atoms with Crippen LogP contribution in [0.25, 0.3) is 17.1 Å². The minimum Gasteiger partial charge on any atom is -0.495 e. The molecule has 2 aromatic heterocycles. The van der Waals surface area contributed by atoms with E-state index in [0.29, 0.717) is 51.9 Å². The Morgan fingerprint density at radius 2 is 2.06 bits per heavy atom. The van der Waals surface area contributed by atoms with Crippen molar-refractivity contribution in [2.45, 2.75) is 19.4 Å². The average molecular weight is 469 g/mol. The van der Waals surface area contributed by atoms with Gasteiger partial charge in [-0.25, -0.2) is 4.39 Å². The Hall–Kier alpha value is -3.79. The summed E-state index contributed by atoms with van der Waals surface area (Å²) in [5.41, 5.74) is 1.67. The number of rotatable bonds is 5. The van der Waals surface area contributed by atoms with E-state index in [-0.39, 0.29) is 23.7 Å². The van der Waals surface area contributed by atoms with Gasteiger partial charge in [0.1, 0.15) is 17.3 Å². The van der Waals surface area contributed by atoms with Crippen LogP contribution in [0.2, 0.25) is 5.02 Å². The molecule has 1 amide bonds. The standard InChI is InChI=1S/C22H18ClFN6O3/c1-12-13(4-3-5-16(12)24)21-27-20(28-33-21)17-6-9-29(17)22(31)14-10-19(32-2)15(23)11-18(14)30-25-7-8-26-30/h3-5,7-8,10-11,17H,6,9H2,1-2H3/t17-/m0/s1. The fourth-order valence-corrected chi connectivity index (χ4v) is 3.98. The fourth-order valence-electron chi connectivity index (χ4n) is 3.75. The molecule has 1 fully saturated rings. The van der Waals surface area contributed by atoms with Gasteiger partial charge in [-0.2, -0.15) is 20.0 Å². The third-order valence-corrected chi connectivity index (χ3v) is 5.95. The maximum absolute atomic E-state index is 13.9. The lowest BCUT2D eigenvalue weighted by Crippen LogP contribution is -2.45. The van der Waals surface area contributed by atoms with E-state index in [9.17, 15) is 9.18 Å². The van der Waals surface area contributed by atoms with Crippen molar-refractivity contribution in [3.8, 4) is 22.9 Å². The molecule has 1 aliphatic rings. The quantitative estimate of drug-likeness (QED) is 0.436. The molecule has 33 heavy (non-hydrogen) atoms. The molecular formula is C22H18ClFN6O3. The Balaban J connectivity index is 1.47. The number of ether oxygens (including phenoxy) is 1. The number of hydrogen-bond acceptors (Lipinski definition) is 7. The van der Waals surface area contributed by atoms with Crippen LogP contribution in [0.15, 0.2) is 47.2 Å². The van der Waals surface area contributed by atoms with E-state index >= 15 is 0 Å². The Labute approximate surface area is 192 Å². The molecule has 1 aliphatic heterocycles. The summed E-state index contributed by atoms with van der Waals surface area (Å²) in [6, 6.07) is 7.43. The second-order valence-electron chi connectivity index (χ2n) is 7.50. The summed E-state index contributed by atoms with van der Waals surface area (Å²) < 4.78 is 24.6. The van der Waals surface area contributed by atoms with Gasteiger partial charge in [0.05, 0.1) is 36.1 Å². The van der Waals surface area contributed by atoms with Crippen molar-refractivity contribution < 1.29 is 18.4 Å². The van der Waals surface area contributed by atoms with E-state index in [4.69, 9.17) is 20.9 Å². The molecule has 0 unspecified atom stereocenters. The van der Waals surface area contributed by atoms with Gasteiger partial charge >= 0.3 is 0 Å². The number of methoxy groups -OCH3 is 1. The summed E-state index contributed by atoms with van der Waals surface area (Å²) in [4.78, 5) is 20.9. The lowest BCUT2D eigenvalue weighted by Gasteiger charge is -2.39. The lowest BCUT2D eigenvalue weighted by molar-refractivity contribution is 0.0435. The molecule has 4 aromatic rings. The van der Waals surface area contributed by atoms with Gasteiger partial charge in [-0.15, -0.1) is 0 Å². The molecule has 2 aromatic carbocycles. The highest BCUT2D eigenvalue weighted by Gasteiger charge is 2.38. The highest BCUT2D eigenvalue weighted by Crippen LogP contribution is 2.37. The van der Waals surface area contributed by atoms with Crippen LogP contribution in [-0.4, -0.2) is 49.6 Å². The second kappa shape index (κ2) is 8.28. The first kappa shape index (κ1) is 21.1. The highest BCUT2D eigenvalue weighted by atomic mass is 35.5. The minimum absolute atomic E-state index is 0.205. The molecule has 9 nitrogen and oxygen atoms in total. The predicted octanol–water partition coefficient (Wildman–Crippen LogP) is 4.01. The zero-order valence-electron chi connectivity index (χ0n) is 17.7. The molecule has 0 N–H and O–H groups in total. The van der Waals surface area contributed by atoms with Crippen molar-refractivity contribution in [1.29, 1.82) is 0 Å². The van der Waals surface area contributed by atoms with E-state index in [2.05, 4.69) is 20.3 Å². The van der Waals surface area contributed by atoms with Gasteiger partial charge in [0.2, 0.25) is 0 Å². The number of halogens is 2. The first-order chi connectivity index (χ1) is 16.0. The fraction of sp³-hybridized carbons (Fsp3) is 0.227. The molecule has 11 heteroatoms. The van der Waals surface area contributed by atoms with Crippen molar-refractivity contribution in [1.82, 2.24) is 30.0 Å². The number of carbonyl (C=O) groups excluding carboxylic acids is 1. The smallest absolute Gasteiger partial charge is 0.258 e. The summed E-state index contributed by atoms with van der Waals surface area (Å²) in [5, 5.41) is 12.6. The van der Waals surface area contributed by atoms with Gasteiger partial charge in [0, 0.05) is 12.1 Å². The van der Waals surface area contributed by atoms with Gasteiger partial charge in [0.15, 0.2) is 5.82 Å². The van der Waals surface area contributed by atoms with Gasteiger partial charge in [-0.1, -0.05) is 22.8 Å². The molecule has 0 aliphatic carbocycles. The molecule has 1 saturated heterocycles. The second-order valence-corrected chi connectivity index (χ2v) is 7.90. The van der Waals surface area contributed by atoms with Gasteiger partial charge < -0.3 is 14.2 Å². The van der Waals surface area contributed by atoms with Crippen LogP contribution in [0.5, 0.6) is 5.75 Å². The molecule has 3 heterocycles. The molecule has 168 valence electrons. The maximum Gasteiger partial charge on any atom is 0.258 e. The highest BCUT2D eigenvalue weighted by molar-refractivity contribution is 6.32. The topological polar surface area (TPSA) is 99.2 Å². The van der Waals surface area contributed by atoms with Gasteiger partial charge in [0.25, 0.3) is 11.8 Å². The van der Waals surface area contributed by atoms with Gasteiger partial charge in [-0.3, -0.25) is 4.79 Å². The summed E-state index contributed by atoms with van der Waals surface area (Å²) in [6.07, 6.45) is 3.68. The third-order valence-electron chi connectivity index (χ3n) is 5.65. The molecule has 0 radical (unpaired) electrons. The van der Waals surface area contributed by atoms with Crippen molar-refractivity contribution in [2.75, 3.05) is 13.7 Å². The number of likely N-dealkylation sites (tertiary alicyclic amines) is 1. The third kappa shape index (κ3) is 3.62. The van der Waals surface area contributed by atoms with E-state index in [1.165, 1.54) is 30.4 Å². The lowest BCUT2D eigenvalue weighted by atomic mass is 9.99. The molecule has 0 spiro atoms. The molecule has 5 rings (SSSR count). The average Bonchev–Trinajstić information content (AvgIpc) is 3.47. The first-order valence-corrected chi connectivity index (χ1v) is 10.5. The monoisotopic (exact) mass is 468 g/mol. The summed E-state index contributed by atoms with van der Waals surface area (Å²) in [6.45, 7) is 2.15. The van der Waals surface area contributed by atoms with Crippen LogP contribution in [0.4, 0.5) is 4.39 Å². The van der Waals surface area contributed by atoms with Crippen molar-refractivity contribution >= 4 is 17.5 Å². The van der Waals surface area contributed by atoms with Crippen LogP contribution in [-0.2, 0) is 0 Å². The SMILES string of the molecule is COc1cc(C(=O)N2CC[C@H]2c2noc(-c3cccc(F)c3C)n2)c(-n2nccn2)cc1Cl. The molecule has 1 atom stereocenters. The summed E-state index contributed by atoms with van der Waals surface area (Å²) in [5.74, 6) is 0.284. The molecule has 0 bridgehead atoms. The van der Waals surface area contributed by atoms with E-state index in [1.54, 1.807) is 36.1 Å². The number of carbonyl (C=O) groups is 1. The minimum atomic E-state index is -0.385. The van der Waals surface area contributed by atoms with Crippen LogP contribution < -0.4 is 4.74 Å². The number of nitrogens with zero attached hydrogens (tertiary/aromatic N) is 6. The number of aromatic nitrogens is 5. The van der Waals surface area contributed by atoms with E-state index < -0.39 is 0 Å². The van der Waals surface area contributed by atoms with Crippen molar-refractivity contribution in [2.24, 2.45) is 0 Å². The first-order valence-electron chi connectivity index (χ1n) is 10.1. The van der Waals surface area contributed by atoms with Crippen LogP contribution in [0.1, 0.15) is 34.2 Å². The van der Waals surface area contributed by atoms with Crippen LogP contribution in [0, 0.1) is 12.7 Å². The zero-order chi connectivity index (χ0) is 23.1. The zero-order valence-corrected chi connectivity index (χ0v) is 18.5. The Bertz CT molecular complexity index is 1340. The summed E-state index contributed by atoms with van der Waals surface area (Å²) in [7, 11) is 1.48. The van der Waals surface area contributed by atoms with Crippen molar-refractivity contribution in [3.63, 3.8) is 0 Å². The Morgan fingerprint density at radius 1 is 1.27 bits per heavy atom. The Kier molecular flexibility index (Phi) is 5.29. The van der Waals surface area contributed by atoms with Gasteiger partial charge in [-0.05, 0) is 43.2 Å². The molecular weight excluding hydrogens is 451 g/mol. The van der Waals surface area contributed by atoms with Crippen LogP contribution in [0.3, 0.4) is 0 Å². The number of benzene rings is 2. The van der Waals surface area contributed by atoms with Crippen molar-refractivity contribution in [3.05, 3.63) is 70.5 Å². The molecule has 0 saturated carbocycles. The van der Waals surface area contributed by atoms with E-state index in [1.807, 2.05) is 0 Å². The largest absolute Gasteiger partial charge is 0.495 e. The number of amides is 1. The summed E-state index contributed by atoms with van der Waals surface area (Å²) >= 11 is 6.28. The predicted molar refractivity (Wildman–Crippen MR) is 116 cm³/mol. The van der Waals surface area contributed by atoms with Crippen LogP contribution >= 0.6 is 11.6 Å². The normalized spacial score (nSPS) is 15.4. The number of hydrogen-bond donors (Lipinski definition) is 0. The van der Waals surface area contributed by atoms with E-state index in [0.717, 1.165) is 0 Å². The maximum atomic E-state index is 13.9. The Morgan fingerprint density at radius 3 is 2.76 bits per heavy atom.